The number of benzene rings is 1. The van der Waals surface area contributed by atoms with Gasteiger partial charge in [0, 0.05) is 4.90 Å². The first-order chi connectivity index (χ1) is 12.7. The summed E-state index contributed by atoms with van der Waals surface area (Å²) in [5, 5.41) is 3.00. The summed E-state index contributed by atoms with van der Waals surface area (Å²) in [7, 11) is 0. The third kappa shape index (κ3) is 5.11. The van der Waals surface area contributed by atoms with Crippen molar-refractivity contribution in [3.63, 3.8) is 0 Å². The molecule has 0 fully saturated rings. The number of rotatable bonds is 7. The van der Waals surface area contributed by atoms with Crippen LogP contribution in [0.15, 0.2) is 23.1 Å². The molecule has 0 saturated heterocycles. The average Bonchev–Trinajstić information content (AvgIpc) is 2.90. The van der Waals surface area contributed by atoms with Crippen LogP contribution in [0.1, 0.15) is 43.6 Å². The molecule has 0 bridgehead atoms. The van der Waals surface area contributed by atoms with Gasteiger partial charge in [-0.3, -0.25) is 9.59 Å². The largest absolute Gasteiger partial charge is 0.462 e. The Morgan fingerprint density at radius 2 is 1.93 bits per heavy atom. The molecule has 1 aromatic heterocycles. The first kappa shape index (κ1) is 21.0. The van der Waals surface area contributed by atoms with Crippen molar-refractivity contribution in [3.05, 3.63) is 45.3 Å². The zero-order valence-electron chi connectivity index (χ0n) is 15.7. The Labute approximate surface area is 166 Å². The number of carbonyl (C=O) groups is 3. The maximum absolute atomic E-state index is 12.4. The molecule has 0 unspecified atom stereocenters. The van der Waals surface area contributed by atoms with Gasteiger partial charge in [-0.15, -0.1) is 23.1 Å². The van der Waals surface area contributed by atoms with E-state index in [1.807, 2.05) is 26.0 Å². The van der Waals surface area contributed by atoms with Crippen LogP contribution < -0.4 is 11.1 Å². The van der Waals surface area contributed by atoms with Crippen LogP contribution in [0, 0.1) is 20.8 Å². The number of primary amides is 1. The summed E-state index contributed by atoms with van der Waals surface area (Å²) in [5.74, 6) is -1.33. The standard InChI is InChI=1S/C19H22N2O4S2/c1-5-25-19(24)15-12(4)16(17(20)23)27-18(15)21-14(22)9-26-13-7-6-10(2)8-11(13)3/h6-8H,5,9H2,1-4H3,(H2,20,23)(H,21,22). The topological polar surface area (TPSA) is 98.5 Å². The summed E-state index contributed by atoms with van der Waals surface area (Å²) < 4.78 is 5.04. The van der Waals surface area contributed by atoms with E-state index in [0.29, 0.717) is 5.56 Å². The van der Waals surface area contributed by atoms with Gasteiger partial charge in [0.2, 0.25) is 5.91 Å². The van der Waals surface area contributed by atoms with Crippen molar-refractivity contribution in [2.75, 3.05) is 17.7 Å². The number of carbonyl (C=O) groups excluding carboxylic acids is 3. The first-order valence-electron chi connectivity index (χ1n) is 8.34. The number of nitrogens with two attached hydrogens (primary N) is 1. The highest BCUT2D eigenvalue weighted by molar-refractivity contribution is 8.00. The SMILES string of the molecule is CCOC(=O)c1c(NC(=O)CSc2ccc(C)cc2C)sc(C(N)=O)c1C. The van der Waals surface area contributed by atoms with E-state index < -0.39 is 11.9 Å². The van der Waals surface area contributed by atoms with Gasteiger partial charge < -0.3 is 15.8 Å². The number of esters is 1. The molecule has 6 nitrogen and oxygen atoms in total. The number of nitrogens with one attached hydrogen (secondary N) is 1. The Balaban J connectivity index is 2.17. The molecule has 8 heteroatoms. The highest BCUT2D eigenvalue weighted by Gasteiger charge is 2.25. The molecule has 0 atom stereocenters. The molecule has 0 radical (unpaired) electrons. The zero-order valence-corrected chi connectivity index (χ0v) is 17.3. The van der Waals surface area contributed by atoms with Crippen molar-refractivity contribution in [1.29, 1.82) is 0 Å². The molecule has 2 aromatic rings. The van der Waals surface area contributed by atoms with Gasteiger partial charge in [-0.1, -0.05) is 17.7 Å². The Hall–Kier alpha value is -2.32. The number of anilines is 1. The minimum atomic E-state index is -0.645. The molecule has 2 rings (SSSR count). The van der Waals surface area contributed by atoms with E-state index in [2.05, 4.69) is 11.4 Å². The average molecular weight is 407 g/mol. The maximum Gasteiger partial charge on any atom is 0.341 e. The Morgan fingerprint density at radius 1 is 1.22 bits per heavy atom. The number of hydrogen-bond donors (Lipinski definition) is 2. The molecule has 0 saturated carbocycles. The quantitative estimate of drug-likeness (QED) is 0.540. The second kappa shape index (κ2) is 9.05. The van der Waals surface area contributed by atoms with Crippen LogP contribution in [0.25, 0.3) is 0 Å². The van der Waals surface area contributed by atoms with Gasteiger partial charge in [0.25, 0.3) is 5.91 Å². The molecule has 1 aromatic carbocycles. The highest BCUT2D eigenvalue weighted by atomic mass is 32.2. The van der Waals surface area contributed by atoms with Gasteiger partial charge in [-0.2, -0.15) is 0 Å². The summed E-state index contributed by atoms with van der Waals surface area (Å²) in [5.41, 5.74) is 8.23. The molecule has 144 valence electrons. The van der Waals surface area contributed by atoms with Crippen molar-refractivity contribution in [2.24, 2.45) is 5.73 Å². The van der Waals surface area contributed by atoms with Crippen molar-refractivity contribution in [1.82, 2.24) is 0 Å². The van der Waals surface area contributed by atoms with Gasteiger partial charge in [-0.25, -0.2) is 4.79 Å². The molecule has 0 spiro atoms. The minimum absolute atomic E-state index is 0.176. The predicted octanol–water partition coefficient (Wildman–Crippen LogP) is 3.68. The van der Waals surface area contributed by atoms with E-state index in [1.165, 1.54) is 11.8 Å². The monoisotopic (exact) mass is 406 g/mol. The number of amides is 2. The second-order valence-corrected chi connectivity index (χ2v) is 7.99. The molecule has 0 aliphatic carbocycles. The smallest absolute Gasteiger partial charge is 0.341 e. The summed E-state index contributed by atoms with van der Waals surface area (Å²) in [6.07, 6.45) is 0. The van der Waals surface area contributed by atoms with E-state index in [9.17, 15) is 14.4 Å². The van der Waals surface area contributed by atoms with Crippen molar-refractivity contribution in [2.45, 2.75) is 32.6 Å². The van der Waals surface area contributed by atoms with E-state index in [4.69, 9.17) is 10.5 Å². The molecular formula is C19H22N2O4S2. The van der Waals surface area contributed by atoms with E-state index in [0.717, 1.165) is 27.4 Å². The van der Waals surface area contributed by atoms with E-state index in [1.54, 1.807) is 13.8 Å². The number of thioether (sulfide) groups is 1. The minimum Gasteiger partial charge on any atom is -0.462 e. The molecule has 0 aliphatic rings. The van der Waals surface area contributed by atoms with Crippen molar-refractivity contribution in [3.8, 4) is 0 Å². The van der Waals surface area contributed by atoms with Gasteiger partial charge in [0.15, 0.2) is 0 Å². The number of ether oxygens (including phenoxy) is 1. The predicted molar refractivity (Wildman–Crippen MR) is 109 cm³/mol. The summed E-state index contributed by atoms with van der Waals surface area (Å²) >= 11 is 2.40. The summed E-state index contributed by atoms with van der Waals surface area (Å²) in [6, 6.07) is 6.03. The third-order valence-corrected chi connectivity index (χ3v) is 6.19. The van der Waals surface area contributed by atoms with Crippen LogP contribution in [-0.2, 0) is 9.53 Å². The van der Waals surface area contributed by atoms with Crippen LogP contribution in [0.3, 0.4) is 0 Å². The lowest BCUT2D eigenvalue weighted by atomic mass is 10.1. The number of thiophene rings is 1. The third-order valence-electron chi connectivity index (χ3n) is 3.79. The second-order valence-electron chi connectivity index (χ2n) is 5.95. The van der Waals surface area contributed by atoms with Gasteiger partial charge in [0.05, 0.1) is 22.8 Å². The lowest BCUT2D eigenvalue weighted by molar-refractivity contribution is -0.113. The van der Waals surface area contributed by atoms with E-state index in [-0.39, 0.29) is 33.7 Å². The van der Waals surface area contributed by atoms with Crippen LogP contribution in [0.4, 0.5) is 5.00 Å². The first-order valence-corrected chi connectivity index (χ1v) is 10.1. The fraction of sp³-hybridized carbons (Fsp3) is 0.316. The Kier molecular flexibility index (Phi) is 7.04. The lowest BCUT2D eigenvalue weighted by Gasteiger charge is -2.08. The zero-order chi connectivity index (χ0) is 20.1. The van der Waals surface area contributed by atoms with Crippen LogP contribution in [0.2, 0.25) is 0 Å². The highest BCUT2D eigenvalue weighted by Crippen LogP contribution is 2.34. The fourth-order valence-electron chi connectivity index (χ4n) is 2.55. The summed E-state index contributed by atoms with van der Waals surface area (Å²) in [6.45, 7) is 7.50. The molecule has 1 heterocycles. The molecule has 3 N–H and O–H groups in total. The molecule has 2 amide bonds. The Bertz CT molecular complexity index is 890. The van der Waals surface area contributed by atoms with Crippen molar-refractivity contribution >= 4 is 45.9 Å². The van der Waals surface area contributed by atoms with Crippen LogP contribution >= 0.6 is 23.1 Å². The van der Waals surface area contributed by atoms with Gasteiger partial charge in [-0.05, 0) is 44.9 Å². The number of aryl methyl sites for hydroxylation is 2. The van der Waals surface area contributed by atoms with Gasteiger partial charge in [0.1, 0.15) is 5.00 Å². The van der Waals surface area contributed by atoms with Crippen LogP contribution in [0.5, 0.6) is 0 Å². The van der Waals surface area contributed by atoms with Crippen molar-refractivity contribution < 1.29 is 19.1 Å². The Morgan fingerprint density at radius 3 is 2.52 bits per heavy atom. The number of hydrogen-bond acceptors (Lipinski definition) is 6. The summed E-state index contributed by atoms with van der Waals surface area (Å²) in [4.78, 5) is 37.5. The maximum atomic E-state index is 12.4. The van der Waals surface area contributed by atoms with E-state index >= 15 is 0 Å². The normalized spacial score (nSPS) is 10.5. The fourth-order valence-corrected chi connectivity index (χ4v) is 4.43. The molecule has 0 aliphatic heterocycles. The molecular weight excluding hydrogens is 384 g/mol. The van der Waals surface area contributed by atoms with Crippen LogP contribution in [-0.4, -0.2) is 30.1 Å². The molecule has 27 heavy (non-hydrogen) atoms. The lowest BCUT2D eigenvalue weighted by Crippen LogP contribution is -2.16. The van der Waals surface area contributed by atoms with Gasteiger partial charge >= 0.3 is 5.97 Å².